The number of benzene rings is 2. The van der Waals surface area contributed by atoms with Crippen molar-refractivity contribution in [1.82, 2.24) is 10.2 Å². The highest BCUT2D eigenvalue weighted by Crippen LogP contribution is 2.20. The van der Waals surface area contributed by atoms with Crippen LogP contribution in [-0.2, 0) is 32.1 Å². The van der Waals surface area contributed by atoms with Crippen LogP contribution in [0.15, 0.2) is 60.7 Å². The number of aliphatic carboxylic acids is 1. The first-order chi connectivity index (χ1) is 16.7. The van der Waals surface area contributed by atoms with E-state index in [-0.39, 0.29) is 19.6 Å². The van der Waals surface area contributed by atoms with Crippen LogP contribution in [0, 0.1) is 0 Å². The quantitative estimate of drug-likeness (QED) is 0.422. The number of carboxylic acids is 1. The van der Waals surface area contributed by atoms with Gasteiger partial charge in [0.25, 0.3) is 5.91 Å². The molecule has 1 unspecified atom stereocenters. The van der Waals surface area contributed by atoms with Crippen molar-refractivity contribution in [3.63, 3.8) is 0 Å². The zero-order valence-electron chi connectivity index (χ0n) is 20.1. The molecule has 0 aromatic heterocycles. The van der Waals surface area contributed by atoms with E-state index in [9.17, 15) is 19.2 Å². The van der Waals surface area contributed by atoms with Gasteiger partial charge in [-0.2, -0.15) is 0 Å². The van der Waals surface area contributed by atoms with Crippen LogP contribution in [0.25, 0.3) is 0 Å². The number of hydrogen-bond acceptors (Lipinski definition) is 6. The first-order valence-corrected chi connectivity index (χ1v) is 11.5. The molecule has 2 rings (SSSR count). The van der Waals surface area contributed by atoms with Gasteiger partial charge in [0.15, 0.2) is 0 Å². The molecule has 0 bridgehead atoms. The molecule has 3 amide bonds. The lowest BCUT2D eigenvalue weighted by atomic mass is 9.91. The number of imide groups is 1. The summed E-state index contributed by atoms with van der Waals surface area (Å²) in [5.74, 6) is -2.72. The zero-order valence-corrected chi connectivity index (χ0v) is 20.1. The Morgan fingerprint density at radius 1 is 1.03 bits per heavy atom. The standard InChI is InChI=1S/C26H33N3O6/c1-3-16-29(23(32)21(27)17-22(30)31)24(33)26(2,15-14-19-10-6-4-7-11-19)28-25(34)35-18-20-12-8-5-9-13-20/h4-13,21H,3,14-18,27H2,1-2H3,(H,28,34)(H,30,31)/t21-,26?/m0/s1. The Morgan fingerprint density at radius 3 is 2.14 bits per heavy atom. The third kappa shape index (κ3) is 8.53. The van der Waals surface area contributed by atoms with E-state index < -0.39 is 41.9 Å². The highest BCUT2D eigenvalue weighted by Gasteiger charge is 2.41. The van der Waals surface area contributed by atoms with Crippen molar-refractivity contribution < 1.29 is 29.0 Å². The number of carbonyl (C=O) groups is 4. The van der Waals surface area contributed by atoms with Gasteiger partial charge in [0, 0.05) is 6.54 Å². The first-order valence-electron chi connectivity index (χ1n) is 11.5. The van der Waals surface area contributed by atoms with Crippen molar-refractivity contribution in [2.75, 3.05) is 6.54 Å². The van der Waals surface area contributed by atoms with E-state index in [1.165, 1.54) is 6.92 Å². The van der Waals surface area contributed by atoms with E-state index in [4.69, 9.17) is 15.6 Å². The van der Waals surface area contributed by atoms with E-state index in [0.29, 0.717) is 12.8 Å². The number of nitrogens with zero attached hydrogens (tertiary/aromatic N) is 1. The van der Waals surface area contributed by atoms with E-state index >= 15 is 0 Å². The first kappa shape index (κ1) is 27.5. The van der Waals surface area contributed by atoms with Gasteiger partial charge in [0.05, 0.1) is 12.5 Å². The van der Waals surface area contributed by atoms with E-state index in [2.05, 4.69) is 5.32 Å². The van der Waals surface area contributed by atoms with Crippen molar-refractivity contribution >= 4 is 23.9 Å². The molecular formula is C26H33N3O6. The summed E-state index contributed by atoms with van der Waals surface area (Å²) in [4.78, 5) is 51.2. The molecule has 9 nitrogen and oxygen atoms in total. The molecule has 9 heteroatoms. The van der Waals surface area contributed by atoms with Gasteiger partial charge in [-0.05, 0) is 37.3 Å². The molecule has 0 aliphatic heterocycles. The van der Waals surface area contributed by atoms with Gasteiger partial charge < -0.3 is 20.9 Å². The Labute approximate surface area is 205 Å². The lowest BCUT2D eigenvalue weighted by molar-refractivity contribution is -0.152. The lowest BCUT2D eigenvalue weighted by Crippen LogP contribution is -2.61. The number of ether oxygens (including phenoxy) is 1. The number of amides is 3. The van der Waals surface area contributed by atoms with Crippen molar-refractivity contribution in [3.05, 3.63) is 71.8 Å². The SMILES string of the molecule is CCCN(C(=O)[C@@H](N)CC(=O)O)C(=O)C(C)(CCc1ccccc1)NC(=O)OCc1ccccc1. The second kappa shape index (κ2) is 13.2. The second-order valence-electron chi connectivity index (χ2n) is 8.50. The fourth-order valence-electron chi connectivity index (χ4n) is 3.56. The largest absolute Gasteiger partial charge is 0.481 e. The fraction of sp³-hybridized carbons (Fsp3) is 0.385. The Balaban J connectivity index is 2.24. The van der Waals surface area contributed by atoms with Crippen LogP contribution in [0.3, 0.4) is 0 Å². The summed E-state index contributed by atoms with van der Waals surface area (Å²) in [7, 11) is 0. The van der Waals surface area contributed by atoms with Gasteiger partial charge in [-0.3, -0.25) is 19.3 Å². The van der Waals surface area contributed by atoms with Crippen LogP contribution < -0.4 is 11.1 Å². The lowest BCUT2D eigenvalue weighted by Gasteiger charge is -2.35. The van der Waals surface area contributed by atoms with Gasteiger partial charge in [-0.1, -0.05) is 67.6 Å². The summed E-state index contributed by atoms with van der Waals surface area (Å²) >= 11 is 0. The highest BCUT2D eigenvalue weighted by atomic mass is 16.5. The topological polar surface area (TPSA) is 139 Å². The van der Waals surface area contributed by atoms with Crippen LogP contribution in [0.2, 0.25) is 0 Å². The molecule has 0 saturated carbocycles. The Morgan fingerprint density at radius 2 is 1.60 bits per heavy atom. The van der Waals surface area contributed by atoms with Crippen molar-refractivity contribution in [3.8, 4) is 0 Å². The molecule has 35 heavy (non-hydrogen) atoms. The van der Waals surface area contributed by atoms with Gasteiger partial charge in [-0.25, -0.2) is 4.79 Å². The maximum atomic E-state index is 13.6. The summed E-state index contributed by atoms with van der Waals surface area (Å²) in [6, 6.07) is 17.1. The molecule has 0 spiro atoms. The molecule has 2 aromatic carbocycles. The fourth-order valence-corrected chi connectivity index (χ4v) is 3.56. The van der Waals surface area contributed by atoms with Gasteiger partial charge in [-0.15, -0.1) is 0 Å². The maximum absolute atomic E-state index is 13.6. The predicted molar refractivity (Wildman–Crippen MR) is 130 cm³/mol. The van der Waals surface area contributed by atoms with Crippen LogP contribution in [0.5, 0.6) is 0 Å². The smallest absolute Gasteiger partial charge is 0.408 e. The monoisotopic (exact) mass is 483 g/mol. The van der Waals surface area contributed by atoms with Gasteiger partial charge in [0.2, 0.25) is 5.91 Å². The Hall–Kier alpha value is -3.72. The van der Waals surface area contributed by atoms with E-state index in [1.54, 1.807) is 19.1 Å². The molecule has 0 fully saturated rings. The summed E-state index contributed by atoms with van der Waals surface area (Å²) in [6.07, 6.45) is -0.365. The number of rotatable bonds is 12. The Kier molecular flexibility index (Phi) is 10.4. The van der Waals surface area contributed by atoms with Gasteiger partial charge >= 0.3 is 12.1 Å². The number of alkyl carbamates (subject to hydrolysis) is 1. The molecule has 0 aliphatic rings. The number of carboxylic acid groups (broad SMARTS) is 1. The number of hydrogen-bond donors (Lipinski definition) is 3. The summed E-state index contributed by atoms with van der Waals surface area (Å²) < 4.78 is 5.32. The third-order valence-electron chi connectivity index (χ3n) is 5.49. The molecule has 2 aromatic rings. The minimum Gasteiger partial charge on any atom is -0.481 e. The van der Waals surface area contributed by atoms with E-state index in [0.717, 1.165) is 16.0 Å². The summed E-state index contributed by atoms with van der Waals surface area (Å²) in [5.41, 5.74) is 6.00. The molecular weight excluding hydrogens is 450 g/mol. The molecule has 4 N–H and O–H groups in total. The van der Waals surface area contributed by atoms with Crippen molar-refractivity contribution in [1.29, 1.82) is 0 Å². The molecule has 0 heterocycles. The third-order valence-corrected chi connectivity index (χ3v) is 5.49. The van der Waals surface area contributed by atoms with Crippen LogP contribution in [0.4, 0.5) is 4.79 Å². The molecule has 0 radical (unpaired) electrons. The van der Waals surface area contributed by atoms with Crippen LogP contribution >= 0.6 is 0 Å². The summed E-state index contributed by atoms with van der Waals surface area (Å²) in [6.45, 7) is 3.35. The number of nitrogens with one attached hydrogen (secondary N) is 1. The average Bonchev–Trinajstić information content (AvgIpc) is 2.85. The molecule has 2 atom stereocenters. The molecule has 188 valence electrons. The van der Waals surface area contributed by atoms with Crippen LogP contribution in [-0.4, -0.2) is 52.0 Å². The molecule has 0 saturated heterocycles. The van der Waals surface area contributed by atoms with Gasteiger partial charge in [0.1, 0.15) is 12.1 Å². The highest BCUT2D eigenvalue weighted by molar-refractivity contribution is 6.03. The van der Waals surface area contributed by atoms with E-state index in [1.807, 2.05) is 48.5 Å². The average molecular weight is 484 g/mol. The zero-order chi connectivity index (χ0) is 25.8. The Bertz CT molecular complexity index is 999. The maximum Gasteiger partial charge on any atom is 0.408 e. The van der Waals surface area contributed by atoms with Crippen LogP contribution in [0.1, 0.15) is 44.2 Å². The summed E-state index contributed by atoms with van der Waals surface area (Å²) in [5, 5.41) is 11.7. The molecule has 0 aliphatic carbocycles. The minimum absolute atomic E-state index is 0.0106. The van der Waals surface area contributed by atoms with Crippen molar-refractivity contribution in [2.45, 2.75) is 57.7 Å². The number of aryl methyl sites for hydroxylation is 1. The number of carbonyl (C=O) groups excluding carboxylic acids is 3. The number of nitrogens with two attached hydrogens (primary N) is 1. The minimum atomic E-state index is -1.50. The second-order valence-corrected chi connectivity index (χ2v) is 8.50. The normalized spacial score (nSPS) is 13.2. The predicted octanol–water partition coefficient (Wildman–Crippen LogP) is 2.87. The van der Waals surface area contributed by atoms with Crippen molar-refractivity contribution in [2.24, 2.45) is 5.73 Å².